The Morgan fingerprint density at radius 3 is 2.90 bits per heavy atom. The molecule has 0 bridgehead atoms. The molecule has 0 saturated heterocycles. The highest BCUT2D eigenvalue weighted by atomic mass is 32.1. The molecule has 0 saturated carbocycles. The predicted molar refractivity (Wildman–Crippen MR) is 91.8 cm³/mol. The van der Waals surface area contributed by atoms with Crippen molar-refractivity contribution in [3.8, 4) is 10.4 Å². The molecule has 0 amide bonds. The number of nitrogens with one attached hydrogen (secondary N) is 1. The van der Waals surface area contributed by atoms with E-state index in [1.54, 1.807) is 0 Å². The van der Waals surface area contributed by atoms with E-state index in [-0.39, 0.29) is 0 Å². The van der Waals surface area contributed by atoms with E-state index in [1.807, 2.05) is 30.6 Å². The van der Waals surface area contributed by atoms with Crippen molar-refractivity contribution in [3.05, 3.63) is 53.5 Å². The predicted octanol–water partition coefficient (Wildman–Crippen LogP) is 5.02. The van der Waals surface area contributed by atoms with E-state index in [9.17, 15) is 0 Å². The summed E-state index contributed by atoms with van der Waals surface area (Å²) in [5, 5.41) is 4.61. The lowest BCUT2D eigenvalue weighted by atomic mass is 10.1. The summed E-state index contributed by atoms with van der Waals surface area (Å²) in [6.07, 6.45) is 4.21. The van der Waals surface area contributed by atoms with Gasteiger partial charge in [-0.1, -0.05) is 25.5 Å². The zero-order chi connectivity index (χ0) is 14.7. The molecule has 1 atom stereocenters. The van der Waals surface area contributed by atoms with Gasteiger partial charge in [-0.2, -0.15) is 0 Å². The first-order valence-corrected chi connectivity index (χ1v) is 8.25. The molecule has 2 aromatic heterocycles. The first-order valence-electron chi connectivity index (χ1n) is 7.44. The lowest BCUT2D eigenvalue weighted by molar-refractivity contribution is 0.550. The zero-order valence-corrected chi connectivity index (χ0v) is 13.3. The second-order valence-corrected chi connectivity index (χ2v) is 6.36. The van der Waals surface area contributed by atoms with E-state index < -0.39 is 0 Å². The van der Waals surface area contributed by atoms with Crippen molar-refractivity contribution in [2.24, 2.45) is 0 Å². The van der Waals surface area contributed by atoms with Crippen LogP contribution in [0.3, 0.4) is 0 Å². The van der Waals surface area contributed by atoms with Crippen molar-refractivity contribution >= 4 is 22.2 Å². The minimum atomic E-state index is 0.468. The molecule has 108 valence electrons. The van der Waals surface area contributed by atoms with Crippen molar-refractivity contribution in [2.45, 2.75) is 25.8 Å². The molecule has 1 aromatic carbocycles. The topological polar surface area (TPSA) is 24.9 Å². The monoisotopic (exact) mass is 296 g/mol. The molecule has 1 N–H and O–H groups in total. The third-order valence-electron chi connectivity index (χ3n) is 3.78. The van der Waals surface area contributed by atoms with Crippen molar-refractivity contribution in [1.82, 2.24) is 10.3 Å². The summed E-state index contributed by atoms with van der Waals surface area (Å²) < 4.78 is 0. The van der Waals surface area contributed by atoms with Crippen LogP contribution in [0.25, 0.3) is 21.3 Å². The van der Waals surface area contributed by atoms with Crippen molar-refractivity contribution in [2.75, 3.05) is 7.05 Å². The summed E-state index contributed by atoms with van der Waals surface area (Å²) in [6, 6.07) is 15.6. The number of hydrogen-bond acceptors (Lipinski definition) is 3. The van der Waals surface area contributed by atoms with E-state index in [0.717, 1.165) is 5.52 Å². The number of nitrogens with zero attached hydrogens (tertiary/aromatic N) is 1. The summed E-state index contributed by atoms with van der Waals surface area (Å²) in [7, 11) is 2.04. The van der Waals surface area contributed by atoms with Crippen LogP contribution in [0.2, 0.25) is 0 Å². The number of rotatable bonds is 5. The minimum absolute atomic E-state index is 0.468. The van der Waals surface area contributed by atoms with Gasteiger partial charge >= 0.3 is 0 Å². The third-order valence-corrected chi connectivity index (χ3v) is 5.03. The van der Waals surface area contributed by atoms with Crippen LogP contribution in [-0.4, -0.2) is 12.0 Å². The summed E-state index contributed by atoms with van der Waals surface area (Å²) in [5.41, 5.74) is 2.33. The summed E-state index contributed by atoms with van der Waals surface area (Å²) in [5.74, 6) is 0. The molecule has 0 aliphatic rings. The van der Waals surface area contributed by atoms with Gasteiger partial charge in [-0.05, 0) is 49.4 Å². The summed E-state index contributed by atoms with van der Waals surface area (Å²) >= 11 is 1.88. The summed E-state index contributed by atoms with van der Waals surface area (Å²) in [4.78, 5) is 7.12. The molecule has 3 aromatic rings. The van der Waals surface area contributed by atoms with Gasteiger partial charge in [0.2, 0.25) is 0 Å². The lowest BCUT2D eigenvalue weighted by Crippen LogP contribution is -2.14. The number of benzene rings is 1. The Bertz CT molecular complexity index is 733. The molecule has 3 heteroatoms. The highest BCUT2D eigenvalue weighted by Crippen LogP contribution is 2.34. The highest BCUT2D eigenvalue weighted by Gasteiger charge is 2.11. The Morgan fingerprint density at radius 2 is 2.10 bits per heavy atom. The smallest absolute Gasteiger partial charge is 0.0702 e. The third kappa shape index (κ3) is 2.99. The second kappa shape index (κ2) is 6.37. The molecule has 0 spiro atoms. The highest BCUT2D eigenvalue weighted by molar-refractivity contribution is 7.15. The molecule has 0 fully saturated rings. The van der Waals surface area contributed by atoms with Crippen LogP contribution >= 0.6 is 11.3 Å². The Balaban J connectivity index is 1.93. The first kappa shape index (κ1) is 14.2. The van der Waals surface area contributed by atoms with Crippen LogP contribution < -0.4 is 5.32 Å². The van der Waals surface area contributed by atoms with E-state index in [0.29, 0.717) is 6.04 Å². The molecule has 0 radical (unpaired) electrons. The zero-order valence-electron chi connectivity index (χ0n) is 12.5. The van der Waals surface area contributed by atoms with Gasteiger partial charge in [0.15, 0.2) is 0 Å². The summed E-state index contributed by atoms with van der Waals surface area (Å²) in [6.45, 7) is 2.23. The maximum atomic E-state index is 4.38. The Kier molecular flexibility index (Phi) is 4.32. The molecule has 21 heavy (non-hydrogen) atoms. The van der Waals surface area contributed by atoms with Gasteiger partial charge in [0.25, 0.3) is 0 Å². The maximum Gasteiger partial charge on any atom is 0.0702 e. The fraction of sp³-hybridized carbons (Fsp3) is 0.278. The van der Waals surface area contributed by atoms with E-state index in [1.165, 1.54) is 33.5 Å². The van der Waals surface area contributed by atoms with Crippen LogP contribution in [0.15, 0.2) is 48.7 Å². The van der Waals surface area contributed by atoms with Crippen molar-refractivity contribution in [3.63, 3.8) is 0 Å². The quantitative estimate of drug-likeness (QED) is 0.714. The van der Waals surface area contributed by atoms with Gasteiger partial charge in [-0.25, -0.2) is 0 Å². The second-order valence-electron chi connectivity index (χ2n) is 5.24. The van der Waals surface area contributed by atoms with Gasteiger partial charge in [0.1, 0.15) is 0 Å². The number of pyridine rings is 1. The molecule has 0 aliphatic heterocycles. The van der Waals surface area contributed by atoms with Gasteiger partial charge in [-0.15, -0.1) is 11.3 Å². The molecule has 1 unspecified atom stereocenters. The first-order chi connectivity index (χ1) is 10.3. The van der Waals surface area contributed by atoms with Crippen LogP contribution in [0.1, 0.15) is 30.7 Å². The number of fused-ring (bicyclic) bond motifs is 1. The Hall–Kier alpha value is -1.71. The van der Waals surface area contributed by atoms with Gasteiger partial charge in [-0.3, -0.25) is 4.98 Å². The van der Waals surface area contributed by atoms with Gasteiger partial charge in [0.05, 0.1) is 5.52 Å². The minimum Gasteiger partial charge on any atom is -0.312 e. The molecule has 2 heterocycles. The Labute approximate surface area is 129 Å². The van der Waals surface area contributed by atoms with E-state index in [4.69, 9.17) is 0 Å². The van der Waals surface area contributed by atoms with Crippen molar-refractivity contribution in [1.29, 1.82) is 0 Å². The Morgan fingerprint density at radius 1 is 1.19 bits per heavy atom. The van der Waals surface area contributed by atoms with Crippen LogP contribution in [-0.2, 0) is 0 Å². The molecule has 3 rings (SSSR count). The molecule has 2 nitrogen and oxygen atoms in total. The van der Waals surface area contributed by atoms with Gasteiger partial charge < -0.3 is 5.32 Å². The maximum absolute atomic E-state index is 4.38. The van der Waals surface area contributed by atoms with E-state index >= 15 is 0 Å². The standard InChI is InChI=1S/C18H20N2S/c1-3-5-16(19-2)18-10-9-17(21-18)14-7-8-15-13(12-14)6-4-11-20-15/h4,6-12,16,19H,3,5H2,1-2H3. The fourth-order valence-corrected chi connectivity index (χ4v) is 3.79. The molecular formula is C18H20N2S. The average Bonchev–Trinajstić information content (AvgIpc) is 3.02. The van der Waals surface area contributed by atoms with Crippen LogP contribution in [0.5, 0.6) is 0 Å². The normalized spacial score (nSPS) is 12.7. The lowest BCUT2D eigenvalue weighted by Gasteiger charge is -2.12. The molecular weight excluding hydrogens is 276 g/mol. The van der Waals surface area contributed by atoms with Gasteiger partial charge in [0, 0.05) is 27.4 Å². The number of aromatic nitrogens is 1. The van der Waals surface area contributed by atoms with Crippen LogP contribution in [0, 0.1) is 0 Å². The SMILES string of the molecule is CCCC(NC)c1ccc(-c2ccc3ncccc3c2)s1. The van der Waals surface area contributed by atoms with Crippen LogP contribution in [0.4, 0.5) is 0 Å². The molecule has 0 aliphatic carbocycles. The number of hydrogen-bond donors (Lipinski definition) is 1. The number of thiophene rings is 1. The van der Waals surface area contributed by atoms with Crippen molar-refractivity contribution < 1.29 is 0 Å². The average molecular weight is 296 g/mol. The van der Waals surface area contributed by atoms with E-state index in [2.05, 4.69) is 53.6 Å². The fourth-order valence-electron chi connectivity index (χ4n) is 2.64. The largest absolute Gasteiger partial charge is 0.312 e.